The van der Waals surface area contributed by atoms with Crippen molar-refractivity contribution in [1.82, 2.24) is 4.57 Å². The van der Waals surface area contributed by atoms with Gasteiger partial charge in [0.25, 0.3) is 0 Å². The highest BCUT2D eigenvalue weighted by molar-refractivity contribution is 6.31. The summed E-state index contributed by atoms with van der Waals surface area (Å²) >= 11 is 6.38. The highest BCUT2D eigenvalue weighted by atomic mass is 35.5. The standard InChI is InChI=1S/C22H23ClN2O3/c1-3-6-18-21(20(26)13-28-2)16-10-9-14(22(24)27)11-19(16)25(18)12-15-7-4-5-8-17(15)23/h4-5,7-11H,3,6,12-13H2,1-2H3,(H2,24,27). The third-order valence-electron chi connectivity index (χ3n) is 4.78. The summed E-state index contributed by atoms with van der Waals surface area (Å²) in [5, 5.41) is 1.45. The second kappa shape index (κ2) is 8.59. The van der Waals surface area contributed by atoms with Gasteiger partial charge in [-0.1, -0.05) is 49.2 Å². The molecule has 0 unspecified atom stereocenters. The molecule has 1 aromatic heterocycles. The second-order valence-corrected chi connectivity index (χ2v) is 7.11. The zero-order valence-electron chi connectivity index (χ0n) is 16.0. The number of nitrogens with two attached hydrogens (primary N) is 1. The number of benzene rings is 2. The molecule has 2 aromatic carbocycles. The van der Waals surface area contributed by atoms with Crippen molar-refractivity contribution >= 4 is 34.2 Å². The molecule has 1 heterocycles. The van der Waals surface area contributed by atoms with Crippen molar-refractivity contribution in [3.8, 4) is 0 Å². The van der Waals surface area contributed by atoms with Gasteiger partial charge in [0.15, 0.2) is 5.78 Å². The molecule has 0 fully saturated rings. The average Bonchev–Trinajstić information content (AvgIpc) is 2.97. The number of methoxy groups -OCH3 is 1. The normalized spacial score (nSPS) is 11.1. The summed E-state index contributed by atoms with van der Waals surface area (Å²) in [7, 11) is 1.51. The van der Waals surface area contributed by atoms with Gasteiger partial charge >= 0.3 is 0 Å². The van der Waals surface area contributed by atoms with Crippen molar-refractivity contribution in [2.75, 3.05) is 13.7 Å². The highest BCUT2D eigenvalue weighted by Gasteiger charge is 2.23. The zero-order valence-corrected chi connectivity index (χ0v) is 16.8. The van der Waals surface area contributed by atoms with Gasteiger partial charge in [0.2, 0.25) is 5.91 Å². The summed E-state index contributed by atoms with van der Waals surface area (Å²) in [5.41, 5.74) is 9.18. The molecule has 0 aliphatic rings. The number of amides is 1. The number of nitrogens with zero attached hydrogens (tertiary/aromatic N) is 1. The van der Waals surface area contributed by atoms with E-state index in [0.717, 1.165) is 35.0 Å². The largest absolute Gasteiger partial charge is 0.377 e. The number of ether oxygens (including phenoxy) is 1. The number of hydrogen-bond donors (Lipinski definition) is 1. The van der Waals surface area contributed by atoms with E-state index < -0.39 is 5.91 Å². The van der Waals surface area contributed by atoms with E-state index in [-0.39, 0.29) is 12.4 Å². The molecular formula is C22H23ClN2O3. The fourth-order valence-corrected chi connectivity index (χ4v) is 3.74. The molecule has 0 saturated carbocycles. The van der Waals surface area contributed by atoms with Crippen LogP contribution < -0.4 is 5.73 Å². The molecule has 3 aromatic rings. The van der Waals surface area contributed by atoms with Crippen molar-refractivity contribution in [2.24, 2.45) is 5.73 Å². The molecule has 0 bridgehead atoms. The predicted molar refractivity (Wildman–Crippen MR) is 111 cm³/mol. The molecule has 0 aliphatic heterocycles. The number of hydrogen-bond acceptors (Lipinski definition) is 3. The van der Waals surface area contributed by atoms with E-state index in [1.54, 1.807) is 18.2 Å². The minimum Gasteiger partial charge on any atom is -0.377 e. The summed E-state index contributed by atoms with van der Waals surface area (Å²) in [6.07, 6.45) is 1.59. The Bertz CT molecular complexity index is 1040. The van der Waals surface area contributed by atoms with Gasteiger partial charge in [0.05, 0.1) is 5.52 Å². The first kappa shape index (κ1) is 20.1. The molecular weight excluding hydrogens is 376 g/mol. The van der Waals surface area contributed by atoms with E-state index in [2.05, 4.69) is 11.5 Å². The van der Waals surface area contributed by atoms with Crippen molar-refractivity contribution < 1.29 is 14.3 Å². The van der Waals surface area contributed by atoms with Crippen LogP contribution in [-0.4, -0.2) is 30.0 Å². The van der Waals surface area contributed by atoms with Crippen LogP contribution in [0.4, 0.5) is 0 Å². The number of rotatable bonds is 8. The molecule has 0 aliphatic carbocycles. The Morgan fingerprint density at radius 2 is 1.93 bits per heavy atom. The Labute approximate surface area is 169 Å². The quantitative estimate of drug-likeness (QED) is 0.577. The summed E-state index contributed by atoms with van der Waals surface area (Å²) in [6, 6.07) is 12.8. The Morgan fingerprint density at radius 1 is 1.18 bits per heavy atom. The molecule has 2 N–H and O–H groups in total. The first-order chi connectivity index (χ1) is 13.5. The number of carbonyl (C=O) groups excluding carboxylic acids is 2. The van der Waals surface area contributed by atoms with Gasteiger partial charge in [-0.2, -0.15) is 0 Å². The monoisotopic (exact) mass is 398 g/mol. The lowest BCUT2D eigenvalue weighted by molar-refractivity contribution is 0.0848. The van der Waals surface area contributed by atoms with Gasteiger partial charge in [-0.15, -0.1) is 0 Å². The van der Waals surface area contributed by atoms with Crippen LogP contribution in [0.15, 0.2) is 42.5 Å². The summed E-state index contributed by atoms with van der Waals surface area (Å²) < 4.78 is 7.16. The number of fused-ring (bicyclic) bond motifs is 1. The van der Waals surface area contributed by atoms with Crippen LogP contribution in [0.25, 0.3) is 10.9 Å². The van der Waals surface area contributed by atoms with E-state index >= 15 is 0 Å². The van der Waals surface area contributed by atoms with Crippen LogP contribution in [0.3, 0.4) is 0 Å². The van der Waals surface area contributed by atoms with Crippen LogP contribution in [0, 0.1) is 0 Å². The molecule has 1 amide bonds. The van der Waals surface area contributed by atoms with Gasteiger partial charge in [0.1, 0.15) is 6.61 Å². The number of carbonyl (C=O) groups is 2. The maximum atomic E-state index is 12.8. The molecule has 3 rings (SSSR count). The second-order valence-electron chi connectivity index (χ2n) is 6.70. The fraction of sp³-hybridized carbons (Fsp3) is 0.273. The molecule has 146 valence electrons. The first-order valence-electron chi connectivity index (χ1n) is 9.18. The molecule has 6 heteroatoms. The SMILES string of the molecule is CCCc1c(C(=O)COC)c2ccc(C(N)=O)cc2n1Cc1ccccc1Cl. The zero-order chi connectivity index (χ0) is 20.3. The first-order valence-corrected chi connectivity index (χ1v) is 9.56. The van der Waals surface area contributed by atoms with Gasteiger partial charge in [-0.3, -0.25) is 9.59 Å². The average molecular weight is 399 g/mol. The minimum absolute atomic E-state index is 0.000504. The molecule has 0 atom stereocenters. The van der Waals surface area contributed by atoms with Crippen LogP contribution in [0.1, 0.15) is 45.3 Å². The predicted octanol–water partition coefficient (Wildman–Crippen LogP) is 4.22. The maximum absolute atomic E-state index is 12.8. The van der Waals surface area contributed by atoms with Crippen LogP contribution in [-0.2, 0) is 17.7 Å². The number of aromatic nitrogens is 1. The van der Waals surface area contributed by atoms with Crippen LogP contribution in [0.5, 0.6) is 0 Å². The van der Waals surface area contributed by atoms with E-state index in [0.29, 0.717) is 22.7 Å². The molecule has 0 radical (unpaired) electrons. The van der Waals surface area contributed by atoms with E-state index in [4.69, 9.17) is 22.1 Å². The third-order valence-corrected chi connectivity index (χ3v) is 5.15. The van der Waals surface area contributed by atoms with Crippen LogP contribution in [0.2, 0.25) is 5.02 Å². The number of ketones is 1. The smallest absolute Gasteiger partial charge is 0.248 e. The Balaban J connectivity index is 2.29. The molecule has 0 saturated heterocycles. The lowest BCUT2D eigenvalue weighted by Crippen LogP contribution is -2.12. The van der Waals surface area contributed by atoms with Gasteiger partial charge in [0, 0.05) is 40.9 Å². The lowest BCUT2D eigenvalue weighted by Gasteiger charge is -2.13. The summed E-state index contributed by atoms with van der Waals surface area (Å²) in [6.45, 7) is 2.56. The molecule has 5 nitrogen and oxygen atoms in total. The van der Waals surface area contributed by atoms with Crippen molar-refractivity contribution in [1.29, 1.82) is 0 Å². The Hall–Kier alpha value is -2.63. The number of primary amides is 1. The Kier molecular flexibility index (Phi) is 6.17. The van der Waals surface area contributed by atoms with Gasteiger partial charge < -0.3 is 15.0 Å². The highest BCUT2D eigenvalue weighted by Crippen LogP contribution is 2.31. The Morgan fingerprint density at radius 3 is 2.57 bits per heavy atom. The van der Waals surface area contributed by atoms with Gasteiger partial charge in [-0.05, 0) is 30.2 Å². The molecule has 0 spiro atoms. The number of halogens is 1. The fourth-order valence-electron chi connectivity index (χ4n) is 3.54. The number of Topliss-reactive ketones (excluding diaryl/α,β-unsaturated/α-hetero) is 1. The van der Waals surface area contributed by atoms with Crippen LogP contribution >= 0.6 is 11.6 Å². The molecule has 28 heavy (non-hydrogen) atoms. The van der Waals surface area contributed by atoms with Crippen molar-refractivity contribution in [3.63, 3.8) is 0 Å². The summed E-state index contributed by atoms with van der Waals surface area (Å²) in [4.78, 5) is 24.6. The lowest BCUT2D eigenvalue weighted by atomic mass is 10.0. The van der Waals surface area contributed by atoms with E-state index in [1.165, 1.54) is 7.11 Å². The van der Waals surface area contributed by atoms with E-state index in [9.17, 15) is 9.59 Å². The van der Waals surface area contributed by atoms with E-state index in [1.807, 2.05) is 24.3 Å². The topological polar surface area (TPSA) is 74.3 Å². The van der Waals surface area contributed by atoms with Crippen molar-refractivity contribution in [3.05, 3.63) is 69.9 Å². The minimum atomic E-state index is -0.505. The van der Waals surface area contributed by atoms with Crippen molar-refractivity contribution in [2.45, 2.75) is 26.3 Å². The van der Waals surface area contributed by atoms with Gasteiger partial charge in [-0.25, -0.2) is 0 Å². The third kappa shape index (κ3) is 3.81. The maximum Gasteiger partial charge on any atom is 0.248 e. The summed E-state index contributed by atoms with van der Waals surface area (Å²) in [5.74, 6) is -0.588.